The fraction of sp³-hybridized carbons (Fsp3) is 0.522. The summed E-state index contributed by atoms with van der Waals surface area (Å²) in [5.74, 6) is 4.15. The molecule has 1 N–H and O–H groups in total. The minimum absolute atomic E-state index is 0.0881. The summed E-state index contributed by atoms with van der Waals surface area (Å²) in [6.07, 6.45) is 1.08. The van der Waals surface area contributed by atoms with Gasteiger partial charge in [0.15, 0.2) is 11.5 Å². The van der Waals surface area contributed by atoms with Gasteiger partial charge in [-0.2, -0.15) is 4.52 Å². The van der Waals surface area contributed by atoms with E-state index in [0.717, 1.165) is 62.2 Å². The van der Waals surface area contributed by atoms with Crippen LogP contribution in [-0.4, -0.2) is 52.6 Å². The average Bonchev–Trinajstić information content (AvgIpc) is 3.13. The molecular weight excluding hydrogens is 376 g/mol. The van der Waals surface area contributed by atoms with Crippen LogP contribution < -0.4 is 15.0 Å². The van der Waals surface area contributed by atoms with E-state index in [2.05, 4.69) is 65.5 Å². The molecule has 3 aromatic rings. The van der Waals surface area contributed by atoms with E-state index in [1.165, 1.54) is 5.56 Å². The number of hydrogen-bond acceptors (Lipinski definition) is 6. The third kappa shape index (κ3) is 3.62. The van der Waals surface area contributed by atoms with E-state index in [9.17, 15) is 0 Å². The zero-order valence-corrected chi connectivity index (χ0v) is 18.0. The van der Waals surface area contributed by atoms with Gasteiger partial charge in [-0.25, -0.2) is 0 Å². The summed E-state index contributed by atoms with van der Waals surface area (Å²) < 4.78 is 7.67. The Morgan fingerprint density at radius 1 is 1.07 bits per heavy atom. The molecule has 0 spiro atoms. The number of nitrogens with zero attached hydrogens (tertiary/aromatic N) is 5. The Labute approximate surface area is 177 Å². The van der Waals surface area contributed by atoms with Crippen LogP contribution in [0.3, 0.4) is 0 Å². The van der Waals surface area contributed by atoms with Crippen molar-refractivity contribution >= 4 is 11.5 Å². The molecule has 7 heteroatoms. The number of para-hydroxylation sites is 1. The molecule has 0 saturated carbocycles. The number of fused-ring (bicyclic) bond motifs is 2. The highest BCUT2D eigenvalue weighted by molar-refractivity contribution is 5.48. The van der Waals surface area contributed by atoms with Crippen molar-refractivity contribution in [1.29, 1.82) is 0 Å². The first kappa shape index (κ1) is 19.3. The summed E-state index contributed by atoms with van der Waals surface area (Å²) in [6.45, 7) is 11.3. The normalized spacial score (nSPS) is 19.4. The lowest BCUT2D eigenvalue weighted by atomic mass is 9.92. The van der Waals surface area contributed by atoms with E-state index in [1.54, 1.807) is 0 Å². The predicted molar refractivity (Wildman–Crippen MR) is 117 cm³/mol. The number of aromatic nitrogens is 4. The molecule has 30 heavy (non-hydrogen) atoms. The van der Waals surface area contributed by atoms with Gasteiger partial charge in [0.05, 0.1) is 6.61 Å². The molecule has 158 valence electrons. The highest BCUT2D eigenvalue weighted by Crippen LogP contribution is 2.33. The number of nitrogens with one attached hydrogen (secondary N) is 1. The molecule has 1 atom stereocenters. The second-order valence-corrected chi connectivity index (χ2v) is 9.54. The smallest absolute Gasteiger partial charge is 0.178 e. The lowest BCUT2D eigenvalue weighted by Gasteiger charge is -2.40. The Morgan fingerprint density at radius 2 is 1.90 bits per heavy atom. The van der Waals surface area contributed by atoms with Gasteiger partial charge in [-0.1, -0.05) is 39.0 Å². The summed E-state index contributed by atoms with van der Waals surface area (Å²) in [6, 6.07) is 12.5. The van der Waals surface area contributed by atoms with Crippen molar-refractivity contribution in [3.05, 3.63) is 47.8 Å². The molecule has 1 aromatic carbocycles. The van der Waals surface area contributed by atoms with Gasteiger partial charge in [0.1, 0.15) is 11.6 Å². The fourth-order valence-corrected chi connectivity index (χ4v) is 4.39. The quantitative estimate of drug-likeness (QED) is 0.703. The maximum absolute atomic E-state index is 5.78. The van der Waals surface area contributed by atoms with Crippen molar-refractivity contribution < 1.29 is 4.74 Å². The third-order valence-corrected chi connectivity index (χ3v) is 6.11. The number of ether oxygens (including phenoxy) is 1. The van der Waals surface area contributed by atoms with Gasteiger partial charge >= 0.3 is 0 Å². The van der Waals surface area contributed by atoms with E-state index in [4.69, 9.17) is 9.84 Å². The van der Waals surface area contributed by atoms with Crippen LogP contribution in [-0.2, 0) is 5.41 Å². The fourth-order valence-electron chi connectivity index (χ4n) is 4.39. The van der Waals surface area contributed by atoms with Crippen molar-refractivity contribution in [2.24, 2.45) is 5.92 Å². The first-order chi connectivity index (χ1) is 14.5. The second-order valence-electron chi connectivity index (χ2n) is 9.54. The SMILES string of the molecule is CC(C)(C)c1nnc2ccc(N3CC(CNCC4CCOc5ccccc54)C3)nn12. The first-order valence-corrected chi connectivity index (χ1v) is 10.9. The number of benzene rings is 1. The van der Waals surface area contributed by atoms with Crippen LogP contribution in [0.15, 0.2) is 36.4 Å². The molecule has 7 nitrogen and oxygen atoms in total. The monoisotopic (exact) mass is 406 g/mol. The van der Waals surface area contributed by atoms with Crippen molar-refractivity contribution in [2.45, 2.75) is 38.5 Å². The van der Waals surface area contributed by atoms with Gasteiger partial charge in [0, 0.05) is 43.4 Å². The summed E-state index contributed by atoms with van der Waals surface area (Å²) in [7, 11) is 0. The van der Waals surface area contributed by atoms with Crippen LogP contribution in [0.5, 0.6) is 5.75 Å². The number of hydrogen-bond donors (Lipinski definition) is 1. The van der Waals surface area contributed by atoms with Crippen molar-refractivity contribution in [3.63, 3.8) is 0 Å². The first-order valence-electron chi connectivity index (χ1n) is 10.9. The van der Waals surface area contributed by atoms with E-state index in [0.29, 0.717) is 11.8 Å². The Kier molecular flexibility index (Phi) is 4.85. The maximum atomic E-state index is 5.78. The maximum Gasteiger partial charge on any atom is 0.178 e. The van der Waals surface area contributed by atoms with Crippen LogP contribution >= 0.6 is 0 Å². The predicted octanol–water partition coefficient (Wildman–Crippen LogP) is 3.01. The Morgan fingerprint density at radius 3 is 2.73 bits per heavy atom. The molecule has 2 aliphatic rings. The van der Waals surface area contributed by atoms with E-state index < -0.39 is 0 Å². The molecule has 0 bridgehead atoms. The molecule has 1 saturated heterocycles. The Hall–Kier alpha value is -2.67. The van der Waals surface area contributed by atoms with Crippen molar-refractivity contribution in [2.75, 3.05) is 37.7 Å². The summed E-state index contributed by atoms with van der Waals surface area (Å²) in [4.78, 5) is 2.34. The van der Waals surface area contributed by atoms with Gasteiger partial charge in [-0.05, 0) is 30.2 Å². The summed E-state index contributed by atoms with van der Waals surface area (Å²) in [5.41, 5.74) is 2.06. The average molecular weight is 407 g/mol. The van der Waals surface area contributed by atoms with Crippen molar-refractivity contribution in [3.8, 4) is 5.75 Å². The Bertz CT molecular complexity index is 1030. The van der Waals surface area contributed by atoms with E-state index in [1.807, 2.05) is 16.6 Å². The Balaban J connectivity index is 1.16. The standard InChI is InChI=1S/C23H30N6O/c1-23(2,3)22-26-25-20-8-9-21(27-29(20)22)28-14-16(15-28)12-24-13-17-10-11-30-19-7-5-4-6-18(17)19/h4-9,16-17,24H,10-15H2,1-3H3. The van der Waals surface area contributed by atoms with Gasteiger partial charge in [0.2, 0.25) is 0 Å². The summed E-state index contributed by atoms with van der Waals surface area (Å²) >= 11 is 0. The van der Waals surface area contributed by atoms with E-state index in [-0.39, 0.29) is 5.41 Å². The van der Waals surface area contributed by atoms with Gasteiger partial charge < -0.3 is 15.0 Å². The lowest BCUT2D eigenvalue weighted by Crippen LogP contribution is -2.51. The molecule has 2 aromatic heterocycles. The molecule has 0 aliphatic carbocycles. The van der Waals surface area contributed by atoms with Crippen molar-refractivity contribution in [1.82, 2.24) is 25.1 Å². The van der Waals surface area contributed by atoms with Gasteiger partial charge in [-0.15, -0.1) is 15.3 Å². The topological polar surface area (TPSA) is 67.6 Å². The highest BCUT2D eigenvalue weighted by Gasteiger charge is 2.29. The van der Waals surface area contributed by atoms with E-state index >= 15 is 0 Å². The number of anilines is 1. The molecule has 1 unspecified atom stereocenters. The minimum Gasteiger partial charge on any atom is -0.493 e. The minimum atomic E-state index is -0.0881. The molecule has 0 radical (unpaired) electrons. The summed E-state index contributed by atoms with van der Waals surface area (Å²) in [5, 5.41) is 17.1. The third-order valence-electron chi connectivity index (χ3n) is 6.11. The number of rotatable bonds is 5. The molecule has 2 aliphatic heterocycles. The van der Waals surface area contributed by atoms with Gasteiger partial charge in [0.25, 0.3) is 0 Å². The molecule has 1 fully saturated rings. The van der Waals surface area contributed by atoms with Gasteiger partial charge in [-0.3, -0.25) is 0 Å². The largest absolute Gasteiger partial charge is 0.493 e. The molecule has 0 amide bonds. The second kappa shape index (κ2) is 7.54. The lowest BCUT2D eigenvalue weighted by molar-refractivity contribution is 0.262. The molecule has 4 heterocycles. The molecule has 5 rings (SSSR count). The zero-order valence-electron chi connectivity index (χ0n) is 18.0. The van der Waals surface area contributed by atoms with Crippen LogP contribution in [0.2, 0.25) is 0 Å². The zero-order chi connectivity index (χ0) is 20.7. The molecular formula is C23H30N6O. The van der Waals surface area contributed by atoms with Crippen LogP contribution in [0.25, 0.3) is 5.65 Å². The highest BCUT2D eigenvalue weighted by atomic mass is 16.5. The van der Waals surface area contributed by atoms with Crippen LogP contribution in [0.4, 0.5) is 5.82 Å². The van der Waals surface area contributed by atoms with Crippen LogP contribution in [0.1, 0.15) is 44.5 Å². The van der Waals surface area contributed by atoms with Crippen LogP contribution in [0, 0.1) is 5.92 Å².